The van der Waals surface area contributed by atoms with Gasteiger partial charge < -0.3 is 4.74 Å². The Balaban J connectivity index is 1.97. The molecule has 0 radical (unpaired) electrons. The zero-order valence-electron chi connectivity index (χ0n) is 7.07. The molecule has 0 saturated carbocycles. The molecule has 2 aliphatic heterocycles. The number of nitrogens with one attached hydrogen (secondary N) is 1. The summed E-state index contributed by atoms with van der Waals surface area (Å²) in [5.41, 5.74) is 0. The maximum Gasteiger partial charge on any atom is 0.225 e. The fourth-order valence-corrected chi connectivity index (χ4v) is 2.99. The van der Waals surface area contributed by atoms with Crippen molar-refractivity contribution >= 4 is 21.6 Å². The molecule has 2 heterocycles. The predicted octanol–water partition coefficient (Wildman–Crippen LogP) is 0.422. The van der Waals surface area contributed by atoms with Crippen LogP contribution in [0.3, 0.4) is 0 Å². The second-order valence-corrected chi connectivity index (χ2v) is 5.90. The van der Waals surface area contributed by atoms with E-state index in [1.165, 1.54) is 0 Å². The first-order chi connectivity index (χ1) is 6.11. The minimum Gasteiger partial charge on any atom is -0.373 e. The standard InChI is InChI=1S/C7H12ClNO3S/c8-4-13(10,11)9-6-3-5-1-2-7(6)12-5/h5-7,9H,1-4H2. The van der Waals surface area contributed by atoms with Gasteiger partial charge in [-0.25, -0.2) is 13.1 Å². The summed E-state index contributed by atoms with van der Waals surface area (Å²) in [7, 11) is -3.29. The van der Waals surface area contributed by atoms with Gasteiger partial charge in [0, 0.05) is 0 Å². The third-order valence-corrected chi connectivity index (χ3v) is 4.39. The molecule has 0 aromatic heterocycles. The molecule has 0 aliphatic carbocycles. The summed E-state index contributed by atoms with van der Waals surface area (Å²) in [5.74, 6) is 0. The molecule has 0 spiro atoms. The fourth-order valence-electron chi connectivity index (χ4n) is 2.02. The van der Waals surface area contributed by atoms with Crippen molar-refractivity contribution in [1.82, 2.24) is 4.72 Å². The van der Waals surface area contributed by atoms with Crippen LogP contribution in [-0.2, 0) is 14.8 Å². The Morgan fingerprint density at radius 2 is 2.23 bits per heavy atom. The van der Waals surface area contributed by atoms with Gasteiger partial charge in [0.2, 0.25) is 10.0 Å². The van der Waals surface area contributed by atoms with Gasteiger partial charge in [0.05, 0.1) is 18.2 Å². The summed E-state index contributed by atoms with van der Waals surface area (Å²) in [6.07, 6.45) is 3.14. The van der Waals surface area contributed by atoms with Crippen LogP contribution < -0.4 is 4.72 Å². The lowest BCUT2D eigenvalue weighted by atomic mass is 9.96. The topological polar surface area (TPSA) is 55.4 Å². The van der Waals surface area contributed by atoms with E-state index >= 15 is 0 Å². The average Bonchev–Trinajstić information content (AvgIpc) is 2.64. The van der Waals surface area contributed by atoms with Gasteiger partial charge in [0.1, 0.15) is 5.21 Å². The van der Waals surface area contributed by atoms with E-state index < -0.39 is 10.0 Å². The zero-order chi connectivity index (χ0) is 9.47. The van der Waals surface area contributed by atoms with Crippen LogP contribution in [0.25, 0.3) is 0 Å². The molecule has 0 amide bonds. The third-order valence-electron chi connectivity index (χ3n) is 2.58. The van der Waals surface area contributed by atoms with E-state index in [-0.39, 0.29) is 23.5 Å². The van der Waals surface area contributed by atoms with Crippen molar-refractivity contribution in [2.75, 3.05) is 5.21 Å². The summed E-state index contributed by atoms with van der Waals surface area (Å²) >= 11 is 5.28. The molecule has 2 rings (SSSR count). The number of fused-ring (bicyclic) bond motifs is 2. The lowest BCUT2D eigenvalue weighted by Crippen LogP contribution is -2.41. The van der Waals surface area contributed by atoms with Gasteiger partial charge in [-0.05, 0) is 19.3 Å². The highest BCUT2D eigenvalue weighted by atomic mass is 35.5. The molecule has 2 saturated heterocycles. The van der Waals surface area contributed by atoms with Crippen LogP contribution in [0.15, 0.2) is 0 Å². The molecule has 6 heteroatoms. The Morgan fingerprint density at radius 3 is 2.69 bits per heavy atom. The molecule has 2 bridgehead atoms. The summed E-state index contributed by atoms with van der Waals surface area (Å²) in [6.45, 7) is 0. The van der Waals surface area contributed by atoms with Crippen molar-refractivity contribution in [2.24, 2.45) is 0 Å². The van der Waals surface area contributed by atoms with Crippen molar-refractivity contribution in [1.29, 1.82) is 0 Å². The lowest BCUT2D eigenvalue weighted by molar-refractivity contribution is 0.0996. The van der Waals surface area contributed by atoms with E-state index in [1.54, 1.807) is 0 Å². The summed E-state index contributed by atoms with van der Waals surface area (Å²) < 4.78 is 30.3. The van der Waals surface area contributed by atoms with Gasteiger partial charge >= 0.3 is 0 Å². The number of ether oxygens (including phenoxy) is 1. The first-order valence-electron chi connectivity index (χ1n) is 4.32. The van der Waals surface area contributed by atoms with Crippen molar-refractivity contribution in [3.05, 3.63) is 0 Å². The van der Waals surface area contributed by atoms with E-state index in [2.05, 4.69) is 4.72 Å². The highest BCUT2D eigenvalue weighted by Crippen LogP contribution is 2.34. The predicted molar refractivity (Wildman–Crippen MR) is 49.1 cm³/mol. The first-order valence-corrected chi connectivity index (χ1v) is 6.51. The molecule has 4 nitrogen and oxygen atoms in total. The van der Waals surface area contributed by atoms with Gasteiger partial charge in [-0.2, -0.15) is 0 Å². The van der Waals surface area contributed by atoms with Crippen LogP contribution in [0.1, 0.15) is 19.3 Å². The Hall–Kier alpha value is 0.160. The minimum absolute atomic E-state index is 0.0532. The molecule has 2 aliphatic rings. The number of rotatable bonds is 3. The average molecular weight is 226 g/mol. The van der Waals surface area contributed by atoms with E-state index in [9.17, 15) is 8.42 Å². The Morgan fingerprint density at radius 1 is 1.46 bits per heavy atom. The van der Waals surface area contributed by atoms with Crippen LogP contribution in [-0.4, -0.2) is 31.9 Å². The van der Waals surface area contributed by atoms with Crippen molar-refractivity contribution in [3.63, 3.8) is 0 Å². The highest BCUT2D eigenvalue weighted by molar-refractivity contribution is 7.90. The molecule has 13 heavy (non-hydrogen) atoms. The Bertz CT molecular complexity index is 292. The molecular formula is C7H12ClNO3S. The van der Waals surface area contributed by atoms with E-state index in [4.69, 9.17) is 16.3 Å². The van der Waals surface area contributed by atoms with Crippen molar-refractivity contribution < 1.29 is 13.2 Å². The SMILES string of the molecule is O=S(=O)(CCl)NC1CC2CCC1O2. The second-order valence-electron chi connectivity index (χ2n) is 3.56. The Labute approximate surface area is 82.6 Å². The van der Waals surface area contributed by atoms with E-state index in [0.29, 0.717) is 0 Å². The number of hydrogen-bond acceptors (Lipinski definition) is 3. The lowest BCUT2D eigenvalue weighted by Gasteiger charge is -2.18. The molecule has 0 aromatic carbocycles. The normalized spacial score (nSPS) is 38.4. The maximum absolute atomic E-state index is 11.1. The fraction of sp³-hybridized carbons (Fsp3) is 1.00. The first kappa shape index (κ1) is 9.71. The number of sulfonamides is 1. The second kappa shape index (κ2) is 3.38. The van der Waals surface area contributed by atoms with Gasteiger partial charge in [-0.15, -0.1) is 11.6 Å². The quantitative estimate of drug-likeness (QED) is 0.709. The molecule has 2 fully saturated rings. The smallest absolute Gasteiger partial charge is 0.225 e. The van der Waals surface area contributed by atoms with Crippen molar-refractivity contribution in [2.45, 2.75) is 37.5 Å². The van der Waals surface area contributed by atoms with Gasteiger partial charge in [0.15, 0.2) is 0 Å². The summed E-state index contributed by atoms with van der Waals surface area (Å²) in [5, 5.41) is -0.374. The number of hydrogen-bond donors (Lipinski definition) is 1. The zero-order valence-corrected chi connectivity index (χ0v) is 8.64. The van der Waals surface area contributed by atoms with Crippen LogP contribution in [0.4, 0.5) is 0 Å². The molecular weight excluding hydrogens is 214 g/mol. The molecule has 1 N–H and O–H groups in total. The van der Waals surface area contributed by atoms with Crippen molar-refractivity contribution in [3.8, 4) is 0 Å². The highest BCUT2D eigenvalue weighted by Gasteiger charge is 2.42. The summed E-state index contributed by atoms with van der Waals surface area (Å²) in [4.78, 5) is 0. The van der Waals surface area contributed by atoms with Gasteiger partial charge in [-0.3, -0.25) is 0 Å². The monoisotopic (exact) mass is 225 g/mol. The van der Waals surface area contributed by atoms with Crippen LogP contribution in [0, 0.1) is 0 Å². The molecule has 3 unspecified atom stereocenters. The molecule has 76 valence electrons. The van der Waals surface area contributed by atoms with Gasteiger partial charge in [-0.1, -0.05) is 0 Å². The largest absolute Gasteiger partial charge is 0.373 e. The van der Waals surface area contributed by atoms with Crippen LogP contribution in [0.2, 0.25) is 0 Å². The van der Waals surface area contributed by atoms with E-state index in [0.717, 1.165) is 19.3 Å². The third kappa shape index (κ3) is 1.98. The van der Waals surface area contributed by atoms with Crippen LogP contribution >= 0.6 is 11.6 Å². The van der Waals surface area contributed by atoms with Gasteiger partial charge in [0.25, 0.3) is 0 Å². The molecule has 3 atom stereocenters. The number of alkyl halides is 1. The maximum atomic E-state index is 11.1. The summed E-state index contributed by atoms with van der Waals surface area (Å²) in [6, 6.07) is -0.0532. The molecule has 0 aromatic rings. The van der Waals surface area contributed by atoms with E-state index in [1.807, 2.05) is 0 Å². The minimum atomic E-state index is -3.29. The number of halogens is 1. The Kier molecular flexibility index (Phi) is 2.53. The van der Waals surface area contributed by atoms with Crippen LogP contribution in [0.5, 0.6) is 0 Å².